The van der Waals surface area contributed by atoms with Crippen molar-refractivity contribution in [2.75, 3.05) is 33.7 Å². The Morgan fingerprint density at radius 2 is 1.52 bits per heavy atom. The van der Waals surface area contributed by atoms with Gasteiger partial charge in [0.05, 0.1) is 5.92 Å². The van der Waals surface area contributed by atoms with Crippen LogP contribution < -0.4 is 0 Å². The van der Waals surface area contributed by atoms with Crippen LogP contribution in [0.4, 0.5) is 0 Å². The molecule has 10 unspecified atom stereocenters. The van der Waals surface area contributed by atoms with E-state index in [-0.39, 0.29) is 68.6 Å². The maximum absolute atomic E-state index is 15.0. The lowest BCUT2D eigenvalue weighted by Gasteiger charge is -2.69. The number of hydrogen-bond donors (Lipinski definition) is 0. The molecule has 330 valence electrons. The summed E-state index contributed by atoms with van der Waals surface area (Å²) in [7, 11) is 4.16. The summed E-state index contributed by atoms with van der Waals surface area (Å²) in [5.74, 6) is 2.06. The van der Waals surface area contributed by atoms with Gasteiger partial charge < -0.3 is 19.3 Å². The minimum absolute atomic E-state index is 0.0271. The molecule has 6 saturated carbocycles. The molecule has 0 N–H and O–H groups in total. The number of fused-ring (bicyclic) bond motifs is 7. The van der Waals surface area contributed by atoms with Gasteiger partial charge in [0.1, 0.15) is 12.4 Å². The number of carbonyl (C=O) groups excluding carboxylic acids is 4. The second kappa shape index (κ2) is 15.3. The number of aldehydes is 1. The third kappa shape index (κ3) is 6.99. The smallest absolute Gasteiger partial charge is 0.309 e. The molecule has 7 aliphatic carbocycles. The number of carbonyl (C=O) groups is 4. The predicted molar refractivity (Wildman–Crippen MR) is 238 cm³/mol. The zero-order chi connectivity index (χ0) is 43.4. The molecule has 8 heteroatoms. The Morgan fingerprint density at radius 1 is 0.833 bits per heavy atom. The minimum Gasteiger partial charge on any atom is -0.462 e. The summed E-state index contributed by atoms with van der Waals surface area (Å²) in [4.78, 5) is 58.9. The Balaban J connectivity index is 1.03. The number of benzene rings is 1. The quantitative estimate of drug-likeness (QED) is 0.154. The van der Waals surface area contributed by atoms with E-state index in [1.165, 1.54) is 11.1 Å². The minimum atomic E-state index is -0.392. The number of Topliss-reactive ketones (excluding diaryl/α,β-unsaturated/α-hetero) is 1. The molecule has 1 aromatic carbocycles. The first-order chi connectivity index (χ1) is 28.1. The monoisotopic (exact) mass is 843 g/mol. The summed E-state index contributed by atoms with van der Waals surface area (Å²) in [5.41, 5.74) is 3.05. The standard InChI is InChI=1S/C52H75ClN2O5/c1-32(2)44-39(57)28-52(29-43(58)55(26-25-54(9)10)31-51(23-24-51)33-11-13-35(53)14-12-33)22-17-37-36(45(44)52)15-16-41-49(37,7)20-18-40-48(5,6)42(19-21-50(40,41)8)60-46(59)38-27-34(30-56)47(38,3)4/h11-14,30,32,34,36-38,40-42H,15-29,31H2,1-10H3. The zero-order valence-corrected chi connectivity index (χ0v) is 39.4. The van der Waals surface area contributed by atoms with Crippen molar-refractivity contribution in [3.63, 3.8) is 0 Å². The van der Waals surface area contributed by atoms with Gasteiger partial charge in [0, 0.05) is 59.7 Å². The van der Waals surface area contributed by atoms with Gasteiger partial charge in [-0.25, -0.2) is 0 Å². The van der Waals surface area contributed by atoms with E-state index in [0.717, 1.165) is 87.6 Å². The lowest BCUT2D eigenvalue weighted by Crippen LogP contribution is -2.63. The molecule has 0 heterocycles. The number of amides is 1. The highest BCUT2D eigenvalue weighted by atomic mass is 35.5. The van der Waals surface area contributed by atoms with Crippen LogP contribution in [0.15, 0.2) is 35.4 Å². The summed E-state index contributed by atoms with van der Waals surface area (Å²) < 4.78 is 6.48. The molecule has 10 atom stereocenters. The molecule has 1 aromatic rings. The first-order valence-electron chi connectivity index (χ1n) is 23.8. The maximum Gasteiger partial charge on any atom is 0.309 e. The highest BCUT2D eigenvalue weighted by molar-refractivity contribution is 6.30. The fourth-order valence-corrected chi connectivity index (χ4v) is 15.6. The highest BCUT2D eigenvalue weighted by Gasteiger charge is 2.67. The third-order valence-corrected chi connectivity index (χ3v) is 19.4. The van der Waals surface area contributed by atoms with Crippen molar-refractivity contribution >= 4 is 35.5 Å². The summed E-state index contributed by atoms with van der Waals surface area (Å²) in [6.45, 7) is 20.6. The van der Waals surface area contributed by atoms with Crippen LogP contribution in [0.3, 0.4) is 0 Å². The highest BCUT2D eigenvalue weighted by Crippen LogP contribution is 2.73. The van der Waals surface area contributed by atoms with Gasteiger partial charge in [0.25, 0.3) is 0 Å². The molecule has 6 fully saturated rings. The summed E-state index contributed by atoms with van der Waals surface area (Å²) >= 11 is 6.30. The molecule has 0 radical (unpaired) electrons. The Hall–Kier alpha value is -2.51. The lowest BCUT2D eigenvalue weighted by molar-refractivity contribution is -0.219. The molecule has 0 aromatic heterocycles. The topological polar surface area (TPSA) is 84.0 Å². The van der Waals surface area contributed by atoms with Crippen LogP contribution in [0.1, 0.15) is 144 Å². The van der Waals surface area contributed by atoms with E-state index in [1.807, 2.05) is 26.0 Å². The number of nitrogens with zero attached hydrogens (tertiary/aromatic N) is 2. The summed E-state index contributed by atoms with van der Waals surface area (Å²) in [5, 5.41) is 0.736. The van der Waals surface area contributed by atoms with Crippen LogP contribution in [-0.2, 0) is 29.3 Å². The van der Waals surface area contributed by atoms with Crippen molar-refractivity contribution in [3.8, 4) is 0 Å². The average molecular weight is 844 g/mol. The second-order valence-corrected chi connectivity index (χ2v) is 24.0. The third-order valence-electron chi connectivity index (χ3n) is 19.2. The zero-order valence-electron chi connectivity index (χ0n) is 38.6. The van der Waals surface area contributed by atoms with Gasteiger partial charge in [0.2, 0.25) is 5.91 Å². The lowest BCUT2D eigenvalue weighted by atomic mass is 9.36. The Morgan fingerprint density at radius 3 is 2.13 bits per heavy atom. The van der Waals surface area contributed by atoms with E-state index >= 15 is 0 Å². The maximum atomic E-state index is 15.0. The number of likely N-dealkylation sites (N-methyl/N-ethyl adjacent to an activating group) is 1. The van der Waals surface area contributed by atoms with Crippen molar-refractivity contribution in [1.29, 1.82) is 0 Å². The van der Waals surface area contributed by atoms with Crippen LogP contribution in [0.5, 0.6) is 0 Å². The van der Waals surface area contributed by atoms with Crippen LogP contribution in [0.2, 0.25) is 5.02 Å². The number of hydrogen-bond acceptors (Lipinski definition) is 6. The van der Waals surface area contributed by atoms with Gasteiger partial charge in [-0.2, -0.15) is 0 Å². The summed E-state index contributed by atoms with van der Waals surface area (Å²) in [6, 6.07) is 8.24. The van der Waals surface area contributed by atoms with E-state index in [1.54, 1.807) is 0 Å². The van der Waals surface area contributed by atoms with E-state index in [2.05, 4.69) is 77.6 Å². The van der Waals surface area contributed by atoms with E-state index in [4.69, 9.17) is 16.3 Å². The van der Waals surface area contributed by atoms with Crippen LogP contribution in [-0.4, -0.2) is 73.6 Å². The molecule has 60 heavy (non-hydrogen) atoms. The average Bonchev–Trinajstić information content (AvgIpc) is 3.88. The molecule has 0 spiro atoms. The largest absolute Gasteiger partial charge is 0.462 e. The number of halogens is 1. The molecule has 8 rings (SSSR count). The van der Waals surface area contributed by atoms with Gasteiger partial charge >= 0.3 is 5.97 Å². The molecule has 0 saturated heterocycles. The predicted octanol–water partition coefficient (Wildman–Crippen LogP) is 10.5. The molecule has 0 bridgehead atoms. The van der Waals surface area contributed by atoms with Crippen LogP contribution in [0, 0.1) is 68.5 Å². The molecular weight excluding hydrogens is 768 g/mol. The molecule has 1 amide bonds. The van der Waals surface area contributed by atoms with Gasteiger partial charge in [-0.05, 0) is 154 Å². The molecule has 0 aliphatic heterocycles. The Bertz CT molecular complexity index is 1910. The Kier molecular flexibility index (Phi) is 11.3. The van der Waals surface area contributed by atoms with Crippen molar-refractivity contribution in [3.05, 3.63) is 46.0 Å². The first-order valence-corrected chi connectivity index (χ1v) is 24.1. The van der Waals surface area contributed by atoms with Crippen molar-refractivity contribution in [2.24, 2.45) is 68.5 Å². The fourth-order valence-electron chi connectivity index (χ4n) is 15.5. The SMILES string of the molecule is CC(C)C1=C2C3CCC4C(C)(CCC5C(C)(C)C(OC(=O)C6CC(C=O)C6(C)C)CCC54C)C3CCC2(CC(=O)N(CCN(C)C)CC2(c3ccc(Cl)cc3)CC2)CC1=O. The number of allylic oxidation sites excluding steroid dienone is 2. The molecule has 7 aliphatic rings. The molecular formula is C52H75ClN2O5. The summed E-state index contributed by atoms with van der Waals surface area (Å²) in [6.07, 6.45) is 12.9. The van der Waals surface area contributed by atoms with Crippen molar-refractivity contribution in [1.82, 2.24) is 9.80 Å². The van der Waals surface area contributed by atoms with Gasteiger partial charge in [0.15, 0.2) is 5.78 Å². The number of esters is 1. The number of rotatable bonds is 12. The first kappa shape index (κ1) is 44.1. The van der Waals surface area contributed by atoms with Gasteiger partial charge in [-0.1, -0.05) is 84.7 Å². The van der Waals surface area contributed by atoms with E-state index in [9.17, 15) is 19.2 Å². The normalized spacial score (nSPS) is 38.3. The number of ether oxygens (including phenoxy) is 1. The Labute approximate surface area is 366 Å². The fraction of sp³-hybridized carbons (Fsp3) is 0.769. The van der Waals surface area contributed by atoms with Crippen molar-refractivity contribution in [2.45, 2.75) is 150 Å². The van der Waals surface area contributed by atoms with Crippen LogP contribution in [0.25, 0.3) is 0 Å². The number of ketones is 1. The van der Waals surface area contributed by atoms with Gasteiger partial charge in [-0.15, -0.1) is 0 Å². The van der Waals surface area contributed by atoms with Crippen molar-refractivity contribution < 1.29 is 23.9 Å². The van der Waals surface area contributed by atoms with Gasteiger partial charge in [-0.3, -0.25) is 14.4 Å². The molecule has 7 nitrogen and oxygen atoms in total. The van der Waals surface area contributed by atoms with E-state index in [0.29, 0.717) is 56.0 Å². The van der Waals surface area contributed by atoms with E-state index < -0.39 is 5.41 Å². The van der Waals surface area contributed by atoms with Crippen LogP contribution >= 0.6 is 11.6 Å². The second-order valence-electron chi connectivity index (χ2n) is 23.6.